The Hall–Kier alpha value is -3.02. The van der Waals surface area contributed by atoms with E-state index < -0.39 is 0 Å². The van der Waals surface area contributed by atoms with Crippen LogP contribution in [0.3, 0.4) is 0 Å². The van der Waals surface area contributed by atoms with Crippen LogP contribution in [-0.2, 0) is 4.79 Å². The summed E-state index contributed by atoms with van der Waals surface area (Å²) < 4.78 is 16.2. The Kier molecular flexibility index (Phi) is 6.53. The molecule has 0 N–H and O–H groups in total. The summed E-state index contributed by atoms with van der Waals surface area (Å²) in [4.78, 5) is 27.3. The number of rotatable bonds is 7. The van der Waals surface area contributed by atoms with Crippen molar-refractivity contribution in [3.63, 3.8) is 0 Å². The normalized spacial score (nSPS) is 16.4. The van der Waals surface area contributed by atoms with Crippen LogP contribution in [-0.4, -0.2) is 50.5 Å². The Bertz CT molecular complexity index is 835. The van der Waals surface area contributed by atoms with Crippen molar-refractivity contribution in [2.24, 2.45) is 5.92 Å². The van der Waals surface area contributed by atoms with Gasteiger partial charge in [-0.15, -0.1) is 0 Å². The highest BCUT2D eigenvalue weighted by Gasteiger charge is 2.30. The van der Waals surface area contributed by atoms with Gasteiger partial charge < -0.3 is 19.1 Å². The van der Waals surface area contributed by atoms with Gasteiger partial charge in [0.05, 0.1) is 19.8 Å². The second kappa shape index (κ2) is 9.26. The minimum Gasteiger partial charge on any atom is -0.496 e. The van der Waals surface area contributed by atoms with Crippen molar-refractivity contribution >= 4 is 11.7 Å². The fourth-order valence-electron chi connectivity index (χ4n) is 3.45. The number of ether oxygens (including phenoxy) is 3. The first kappa shape index (κ1) is 19.7. The summed E-state index contributed by atoms with van der Waals surface area (Å²) in [6, 6.07) is 14.4. The first-order valence-corrected chi connectivity index (χ1v) is 9.35. The van der Waals surface area contributed by atoms with Gasteiger partial charge in [-0.3, -0.25) is 9.59 Å². The molecule has 148 valence electrons. The summed E-state index contributed by atoms with van der Waals surface area (Å²) in [5.41, 5.74) is 0.564. The molecule has 1 saturated heterocycles. The fourth-order valence-corrected chi connectivity index (χ4v) is 3.45. The van der Waals surface area contributed by atoms with E-state index in [1.165, 1.54) is 0 Å². The molecule has 0 radical (unpaired) electrons. The maximum absolute atomic E-state index is 12.9. The molecule has 1 unspecified atom stereocenters. The third-order valence-corrected chi connectivity index (χ3v) is 4.94. The van der Waals surface area contributed by atoms with E-state index >= 15 is 0 Å². The van der Waals surface area contributed by atoms with Gasteiger partial charge in [-0.2, -0.15) is 0 Å². The number of carbonyl (C=O) groups is 2. The topological polar surface area (TPSA) is 65.1 Å². The summed E-state index contributed by atoms with van der Waals surface area (Å²) in [5, 5.41) is 0. The largest absolute Gasteiger partial charge is 0.496 e. The summed E-state index contributed by atoms with van der Waals surface area (Å²) >= 11 is 0. The molecule has 6 nitrogen and oxygen atoms in total. The molecule has 28 heavy (non-hydrogen) atoms. The van der Waals surface area contributed by atoms with Crippen molar-refractivity contribution in [2.75, 3.05) is 33.9 Å². The van der Waals surface area contributed by atoms with E-state index in [0.29, 0.717) is 35.9 Å². The maximum Gasteiger partial charge on any atom is 0.260 e. The highest BCUT2D eigenvalue weighted by Crippen LogP contribution is 2.27. The van der Waals surface area contributed by atoms with Crippen LogP contribution in [0.1, 0.15) is 23.2 Å². The zero-order chi connectivity index (χ0) is 19.9. The molecule has 0 spiro atoms. The smallest absolute Gasteiger partial charge is 0.260 e. The van der Waals surface area contributed by atoms with Crippen molar-refractivity contribution in [1.29, 1.82) is 0 Å². The predicted octanol–water partition coefficient (Wildman–Crippen LogP) is 3.20. The molecule has 1 aliphatic heterocycles. The maximum atomic E-state index is 12.9. The van der Waals surface area contributed by atoms with Gasteiger partial charge in [-0.05, 0) is 37.1 Å². The van der Waals surface area contributed by atoms with Gasteiger partial charge in [0.25, 0.3) is 5.91 Å². The van der Waals surface area contributed by atoms with E-state index in [2.05, 4.69) is 0 Å². The lowest BCUT2D eigenvalue weighted by molar-refractivity contribution is -0.134. The Morgan fingerprint density at radius 2 is 1.61 bits per heavy atom. The van der Waals surface area contributed by atoms with E-state index in [-0.39, 0.29) is 24.2 Å². The number of carbonyl (C=O) groups excluding carboxylic acids is 2. The van der Waals surface area contributed by atoms with Gasteiger partial charge in [0.15, 0.2) is 23.9 Å². The molecule has 1 heterocycles. The van der Waals surface area contributed by atoms with E-state index in [4.69, 9.17) is 14.2 Å². The Balaban J connectivity index is 1.62. The molecule has 1 amide bonds. The number of Topliss-reactive ketones (excluding diaryl/α,β-unsaturated/α-hetero) is 1. The number of likely N-dealkylation sites (tertiary alicyclic amines) is 1. The lowest BCUT2D eigenvalue weighted by Gasteiger charge is -2.32. The van der Waals surface area contributed by atoms with Crippen LogP contribution < -0.4 is 14.2 Å². The minimum absolute atomic E-state index is 0.0144. The summed E-state index contributed by atoms with van der Waals surface area (Å²) in [7, 11) is 3.11. The van der Waals surface area contributed by atoms with E-state index in [1.54, 1.807) is 43.4 Å². The minimum atomic E-state index is -0.236. The Morgan fingerprint density at radius 1 is 0.964 bits per heavy atom. The second-order valence-corrected chi connectivity index (χ2v) is 6.68. The average molecular weight is 383 g/mol. The highest BCUT2D eigenvalue weighted by molar-refractivity contribution is 6.00. The van der Waals surface area contributed by atoms with E-state index in [9.17, 15) is 9.59 Å². The number of methoxy groups -OCH3 is 2. The van der Waals surface area contributed by atoms with Crippen LogP contribution in [0.25, 0.3) is 0 Å². The van der Waals surface area contributed by atoms with Crippen LogP contribution >= 0.6 is 0 Å². The number of amides is 1. The zero-order valence-electron chi connectivity index (χ0n) is 16.2. The number of para-hydroxylation sites is 3. The second-order valence-electron chi connectivity index (χ2n) is 6.68. The molecule has 3 rings (SSSR count). The molecule has 1 aliphatic rings. The molecule has 0 saturated carbocycles. The van der Waals surface area contributed by atoms with Crippen LogP contribution in [0.15, 0.2) is 48.5 Å². The molecule has 2 aromatic rings. The molecule has 6 heteroatoms. The molecular formula is C22H25NO5. The van der Waals surface area contributed by atoms with Crippen LogP contribution in [0.2, 0.25) is 0 Å². The first-order chi connectivity index (χ1) is 13.6. The van der Waals surface area contributed by atoms with E-state index in [1.807, 2.05) is 24.3 Å². The standard InChI is InChI=1S/C22H25NO5/c1-26-18-10-4-3-9-17(18)22(25)16-8-7-13-23(14-16)21(24)15-28-20-12-6-5-11-19(20)27-2/h3-6,9-12,16H,7-8,13-15H2,1-2H3. The molecule has 1 fully saturated rings. The predicted molar refractivity (Wildman–Crippen MR) is 105 cm³/mol. The monoisotopic (exact) mass is 383 g/mol. The van der Waals surface area contributed by atoms with Gasteiger partial charge in [0.1, 0.15) is 5.75 Å². The molecule has 1 atom stereocenters. The van der Waals surface area contributed by atoms with Gasteiger partial charge in [0.2, 0.25) is 0 Å². The van der Waals surface area contributed by atoms with Crippen molar-refractivity contribution < 1.29 is 23.8 Å². The van der Waals surface area contributed by atoms with Gasteiger partial charge >= 0.3 is 0 Å². The molecule has 0 aliphatic carbocycles. The molecule has 2 aromatic carbocycles. The third kappa shape index (κ3) is 4.44. The van der Waals surface area contributed by atoms with Gasteiger partial charge in [0, 0.05) is 19.0 Å². The van der Waals surface area contributed by atoms with E-state index in [0.717, 1.165) is 12.8 Å². The Labute approximate surface area is 165 Å². The van der Waals surface area contributed by atoms with Gasteiger partial charge in [-0.1, -0.05) is 24.3 Å². The van der Waals surface area contributed by atoms with Crippen molar-refractivity contribution in [1.82, 2.24) is 4.90 Å². The SMILES string of the molecule is COc1ccccc1OCC(=O)N1CCCC(C(=O)c2ccccc2OC)C1. The average Bonchev–Trinajstić information content (AvgIpc) is 2.77. The number of hydrogen-bond donors (Lipinski definition) is 0. The van der Waals surface area contributed by atoms with Gasteiger partial charge in [-0.25, -0.2) is 0 Å². The van der Waals surface area contributed by atoms with Crippen LogP contribution in [0.4, 0.5) is 0 Å². The van der Waals surface area contributed by atoms with Crippen molar-refractivity contribution in [3.8, 4) is 17.2 Å². The fraction of sp³-hybridized carbons (Fsp3) is 0.364. The van der Waals surface area contributed by atoms with Crippen molar-refractivity contribution in [3.05, 3.63) is 54.1 Å². The molecule has 0 bridgehead atoms. The first-order valence-electron chi connectivity index (χ1n) is 9.35. The summed E-state index contributed by atoms with van der Waals surface area (Å²) in [5.74, 6) is 1.31. The van der Waals surface area contributed by atoms with Crippen molar-refractivity contribution in [2.45, 2.75) is 12.8 Å². The van der Waals surface area contributed by atoms with Crippen LogP contribution in [0.5, 0.6) is 17.2 Å². The summed E-state index contributed by atoms with van der Waals surface area (Å²) in [6.07, 6.45) is 1.54. The summed E-state index contributed by atoms with van der Waals surface area (Å²) in [6.45, 7) is 0.935. The number of benzene rings is 2. The third-order valence-electron chi connectivity index (χ3n) is 4.94. The molecule has 0 aromatic heterocycles. The number of hydrogen-bond acceptors (Lipinski definition) is 5. The number of ketones is 1. The number of piperidine rings is 1. The number of nitrogens with zero attached hydrogens (tertiary/aromatic N) is 1. The van der Waals surface area contributed by atoms with Crippen LogP contribution in [0, 0.1) is 5.92 Å². The highest BCUT2D eigenvalue weighted by atomic mass is 16.5. The Morgan fingerprint density at radius 3 is 2.32 bits per heavy atom. The zero-order valence-corrected chi connectivity index (χ0v) is 16.2. The molecular weight excluding hydrogens is 358 g/mol. The lowest BCUT2D eigenvalue weighted by Crippen LogP contribution is -2.44. The quantitative estimate of drug-likeness (QED) is 0.687. The lowest BCUT2D eigenvalue weighted by atomic mass is 9.89.